The summed E-state index contributed by atoms with van der Waals surface area (Å²) in [5.41, 5.74) is 1.29. The zero-order valence-corrected chi connectivity index (χ0v) is 12.0. The highest BCUT2D eigenvalue weighted by Gasteiger charge is 2.24. The normalized spacial score (nSPS) is 23.5. The number of rotatable bonds is 6. The molecule has 106 valence electrons. The quantitative estimate of drug-likeness (QED) is 0.759. The lowest BCUT2D eigenvalue weighted by atomic mass is 9.76. The Bertz CT molecular complexity index is 360. The lowest BCUT2D eigenvalue weighted by Crippen LogP contribution is -2.32. The molecule has 0 bridgehead atoms. The molecule has 1 N–H and O–H groups in total. The standard InChI is InChI=1S/C17H26FN/c1-2-11-19-13-16-6-4-3-5-15(16)12-14-7-9-17(18)10-8-14/h7-10,15-16,19H,2-6,11-13H2,1H3. The van der Waals surface area contributed by atoms with Gasteiger partial charge in [0.25, 0.3) is 0 Å². The van der Waals surface area contributed by atoms with E-state index in [4.69, 9.17) is 0 Å². The van der Waals surface area contributed by atoms with Crippen molar-refractivity contribution in [2.75, 3.05) is 13.1 Å². The van der Waals surface area contributed by atoms with E-state index in [0.717, 1.165) is 31.3 Å². The van der Waals surface area contributed by atoms with Gasteiger partial charge in [-0.1, -0.05) is 31.9 Å². The van der Waals surface area contributed by atoms with Gasteiger partial charge in [-0.05, 0) is 68.3 Å². The van der Waals surface area contributed by atoms with Crippen LogP contribution in [0.15, 0.2) is 24.3 Å². The first-order valence-corrected chi connectivity index (χ1v) is 7.74. The van der Waals surface area contributed by atoms with Crippen LogP contribution in [0.5, 0.6) is 0 Å². The van der Waals surface area contributed by atoms with Gasteiger partial charge < -0.3 is 5.32 Å². The molecular weight excluding hydrogens is 237 g/mol. The van der Waals surface area contributed by atoms with E-state index >= 15 is 0 Å². The molecule has 0 radical (unpaired) electrons. The van der Waals surface area contributed by atoms with Crippen molar-refractivity contribution in [2.45, 2.75) is 45.4 Å². The molecule has 0 spiro atoms. The summed E-state index contributed by atoms with van der Waals surface area (Å²) in [6, 6.07) is 7.06. The molecule has 0 aliphatic heterocycles. The molecule has 0 aromatic heterocycles. The van der Waals surface area contributed by atoms with E-state index in [1.807, 2.05) is 12.1 Å². The maximum Gasteiger partial charge on any atom is 0.123 e. The monoisotopic (exact) mass is 263 g/mol. The number of benzene rings is 1. The molecule has 2 rings (SSSR count). The summed E-state index contributed by atoms with van der Waals surface area (Å²) in [5.74, 6) is 1.43. The summed E-state index contributed by atoms with van der Waals surface area (Å²) in [7, 11) is 0. The van der Waals surface area contributed by atoms with Crippen LogP contribution in [-0.4, -0.2) is 13.1 Å². The Kier molecular flexibility index (Phi) is 5.84. The minimum absolute atomic E-state index is 0.131. The van der Waals surface area contributed by atoms with Crippen LogP contribution in [0.25, 0.3) is 0 Å². The van der Waals surface area contributed by atoms with E-state index in [1.165, 1.54) is 37.7 Å². The molecule has 1 saturated carbocycles. The number of hydrogen-bond acceptors (Lipinski definition) is 1. The van der Waals surface area contributed by atoms with E-state index in [0.29, 0.717) is 0 Å². The largest absolute Gasteiger partial charge is 0.316 e. The van der Waals surface area contributed by atoms with Crippen LogP contribution in [0.1, 0.15) is 44.6 Å². The second-order valence-corrected chi connectivity index (χ2v) is 5.84. The smallest absolute Gasteiger partial charge is 0.123 e. The van der Waals surface area contributed by atoms with Crippen molar-refractivity contribution in [3.63, 3.8) is 0 Å². The first-order valence-electron chi connectivity index (χ1n) is 7.74. The van der Waals surface area contributed by atoms with E-state index in [9.17, 15) is 4.39 Å². The first-order chi connectivity index (χ1) is 9.29. The molecule has 2 heteroatoms. The zero-order valence-electron chi connectivity index (χ0n) is 12.0. The fourth-order valence-corrected chi connectivity index (χ4v) is 3.21. The van der Waals surface area contributed by atoms with Crippen LogP contribution < -0.4 is 5.32 Å². The second kappa shape index (κ2) is 7.64. The van der Waals surface area contributed by atoms with Crippen molar-refractivity contribution in [1.82, 2.24) is 5.32 Å². The van der Waals surface area contributed by atoms with Crippen LogP contribution in [0, 0.1) is 17.7 Å². The molecule has 1 aromatic carbocycles. The molecule has 0 saturated heterocycles. The summed E-state index contributed by atoms with van der Waals surface area (Å²) in [5, 5.41) is 3.57. The van der Waals surface area contributed by atoms with Crippen LogP contribution in [0.4, 0.5) is 4.39 Å². The Morgan fingerprint density at radius 2 is 1.79 bits per heavy atom. The highest BCUT2D eigenvalue weighted by molar-refractivity contribution is 5.16. The fourth-order valence-electron chi connectivity index (χ4n) is 3.21. The van der Waals surface area contributed by atoms with Crippen LogP contribution in [0.3, 0.4) is 0 Å². The van der Waals surface area contributed by atoms with Gasteiger partial charge >= 0.3 is 0 Å². The van der Waals surface area contributed by atoms with Crippen molar-refractivity contribution in [2.24, 2.45) is 11.8 Å². The van der Waals surface area contributed by atoms with Gasteiger partial charge in [0, 0.05) is 0 Å². The average Bonchev–Trinajstić information content (AvgIpc) is 2.43. The summed E-state index contributed by atoms with van der Waals surface area (Å²) in [6.07, 6.45) is 7.72. The van der Waals surface area contributed by atoms with Crippen molar-refractivity contribution >= 4 is 0 Å². The predicted octanol–water partition coefficient (Wildman–Crippen LogP) is 4.17. The third-order valence-electron chi connectivity index (χ3n) is 4.31. The SMILES string of the molecule is CCCNCC1CCCCC1Cc1ccc(F)cc1. The lowest BCUT2D eigenvalue weighted by Gasteiger charge is -2.32. The van der Waals surface area contributed by atoms with E-state index < -0.39 is 0 Å². The molecule has 19 heavy (non-hydrogen) atoms. The Labute approximate surface area is 116 Å². The van der Waals surface area contributed by atoms with Gasteiger partial charge in [0.15, 0.2) is 0 Å². The molecular formula is C17H26FN. The molecule has 1 aromatic rings. The van der Waals surface area contributed by atoms with Gasteiger partial charge in [-0.25, -0.2) is 4.39 Å². The Hall–Kier alpha value is -0.890. The molecule has 1 fully saturated rings. The molecule has 2 unspecified atom stereocenters. The van der Waals surface area contributed by atoms with Gasteiger partial charge in [0.2, 0.25) is 0 Å². The van der Waals surface area contributed by atoms with Gasteiger partial charge in [-0.2, -0.15) is 0 Å². The first kappa shape index (κ1) is 14.5. The minimum Gasteiger partial charge on any atom is -0.316 e. The number of nitrogens with one attached hydrogen (secondary N) is 1. The van der Waals surface area contributed by atoms with E-state index in [-0.39, 0.29) is 5.82 Å². The van der Waals surface area contributed by atoms with Crippen molar-refractivity contribution < 1.29 is 4.39 Å². The molecule has 0 amide bonds. The molecule has 1 nitrogen and oxygen atoms in total. The summed E-state index contributed by atoms with van der Waals surface area (Å²) in [6.45, 7) is 4.49. The van der Waals surface area contributed by atoms with E-state index in [2.05, 4.69) is 12.2 Å². The number of halogens is 1. The molecule has 1 aliphatic carbocycles. The molecule has 1 aliphatic rings. The van der Waals surface area contributed by atoms with Crippen LogP contribution in [0.2, 0.25) is 0 Å². The van der Waals surface area contributed by atoms with Crippen molar-refractivity contribution in [1.29, 1.82) is 0 Å². The van der Waals surface area contributed by atoms with Crippen molar-refractivity contribution in [3.05, 3.63) is 35.6 Å². The predicted molar refractivity (Wildman–Crippen MR) is 78.7 cm³/mol. The second-order valence-electron chi connectivity index (χ2n) is 5.84. The Morgan fingerprint density at radius 3 is 2.47 bits per heavy atom. The van der Waals surface area contributed by atoms with Crippen LogP contribution >= 0.6 is 0 Å². The van der Waals surface area contributed by atoms with Gasteiger partial charge in [0.1, 0.15) is 5.82 Å². The maximum absolute atomic E-state index is 12.9. The maximum atomic E-state index is 12.9. The highest BCUT2D eigenvalue weighted by Crippen LogP contribution is 2.32. The Morgan fingerprint density at radius 1 is 1.11 bits per heavy atom. The van der Waals surface area contributed by atoms with Crippen molar-refractivity contribution in [3.8, 4) is 0 Å². The van der Waals surface area contributed by atoms with Gasteiger partial charge in [-0.3, -0.25) is 0 Å². The number of hydrogen-bond donors (Lipinski definition) is 1. The van der Waals surface area contributed by atoms with E-state index in [1.54, 1.807) is 12.1 Å². The molecule has 0 heterocycles. The van der Waals surface area contributed by atoms with Gasteiger partial charge in [0.05, 0.1) is 0 Å². The summed E-state index contributed by atoms with van der Waals surface area (Å²) in [4.78, 5) is 0. The minimum atomic E-state index is -0.131. The molecule has 2 atom stereocenters. The highest BCUT2D eigenvalue weighted by atomic mass is 19.1. The van der Waals surface area contributed by atoms with Gasteiger partial charge in [-0.15, -0.1) is 0 Å². The van der Waals surface area contributed by atoms with Crippen LogP contribution in [-0.2, 0) is 6.42 Å². The topological polar surface area (TPSA) is 12.0 Å². The lowest BCUT2D eigenvalue weighted by molar-refractivity contribution is 0.229. The summed E-state index contributed by atoms with van der Waals surface area (Å²) >= 11 is 0. The Balaban J connectivity index is 1.89. The fraction of sp³-hybridized carbons (Fsp3) is 0.647. The zero-order chi connectivity index (χ0) is 13.5. The average molecular weight is 263 g/mol. The third-order valence-corrected chi connectivity index (χ3v) is 4.31. The summed E-state index contributed by atoms with van der Waals surface area (Å²) < 4.78 is 12.9. The third kappa shape index (κ3) is 4.61.